The Morgan fingerprint density at radius 2 is 1.33 bits per heavy atom. The van der Waals surface area contributed by atoms with Crippen LogP contribution in [0.5, 0.6) is 0 Å². The highest BCUT2D eigenvalue weighted by atomic mass is 31.2. The van der Waals surface area contributed by atoms with Crippen LogP contribution in [0.1, 0.15) is 34.1 Å². The zero-order valence-corrected chi connectivity index (χ0v) is 16.3. The Bertz CT molecular complexity index is 611. The lowest BCUT2D eigenvalue weighted by Crippen LogP contribution is -2.61. The smallest absolute Gasteiger partial charge is 0.456 e. The van der Waals surface area contributed by atoms with E-state index in [9.17, 15) is 18.9 Å². The first-order chi connectivity index (χ1) is 12.6. The van der Waals surface area contributed by atoms with E-state index in [0.717, 1.165) is 13.8 Å². The van der Waals surface area contributed by atoms with Crippen LogP contribution in [0, 0.1) is 0 Å². The van der Waals surface area contributed by atoms with Crippen molar-refractivity contribution >= 4 is 25.7 Å². The monoisotopic (exact) mass is 410 g/mol. The highest BCUT2D eigenvalue weighted by molar-refractivity contribution is 7.48. The molecule has 2 rings (SSSR count). The summed E-state index contributed by atoms with van der Waals surface area (Å²) in [6.07, 6.45) is -5.44. The van der Waals surface area contributed by atoms with E-state index in [4.69, 9.17) is 32.5 Å². The Labute approximate surface area is 156 Å². The van der Waals surface area contributed by atoms with Gasteiger partial charge in [0.15, 0.2) is 18.3 Å². The van der Waals surface area contributed by atoms with Crippen molar-refractivity contribution < 1.29 is 51.5 Å². The van der Waals surface area contributed by atoms with Crippen molar-refractivity contribution in [1.82, 2.24) is 0 Å². The molecule has 0 radical (unpaired) electrons. The summed E-state index contributed by atoms with van der Waals surface area (Å²) in [4.78, 5) is 34.5. The summed E-state index contributed by atoms with van der Waals surface area (Å²) in [6.45, 7) is 5.27. The average molecular weight is 410 g/mol. The molecule has 0 amide bonds. The van der Waals surface area contributed by atoms with Crippen molar-refractivity contribution in [3.05, 3.63) is 0 Å². The molecule has 0 aromatic carbocycles. The van der Waals surface area contributed by atoms with Crippen molar-refractivity contribution in [2.24, 2.45) is 0 Å². The van der Waals surface area contributed by atoms with Crippen molar-refractivity contribution in [3.63, 3.8) is 0 Å². The molecule has 11 nitrogen and oxygen atoms in total. The fourth-order valence-corrected chi connectivity index (χ4v) is 4.02. The molecule has 0 spiro atoms. The predicted octanol–water partition coefficient (Wildman–Crippen LogP) is 1.09. The van der Waals surface area contributed by atoms with Crippen LogP contribution >= 0.6 is 7.82 Å². The van der Waals surface area contributed by atoms with Gasteiger partial charge < -0.3 is 18.9 Å². The van der Waals surface area contributed by atoms with Crippen molar-refractivity contribution in [1.29, 1.82) is 0 Å². The molecule has 2 aliphatic heterocycles. The first-order valence-corrected chi connectivity index (χ1v) is 9.82. The van der Waals surface area contributed by atoms with E-state index in [1.165, 1.54) is 13.8 Å². The molecule has 27 heavy (non-hydrogen) atoms. The van der Waals surface area contributed by atoms with Gasteiger partial charge in [-0.05, 0) is 13.3 Å². The topological polar surface area (TPSA) is 133 Å². The molecule has 0 saturated carbocycles. The predicted molar refractivity (Wildman–Crippen MR) is 86.2 cm³/mol. The van der Waals surface area contributed by atoms with Gasteiger partial charge in [-0.15, -0.1) is 0 Å². The van der Waals surface area contributed by atoms with Crippen LogP contribution in [-0.2, 0) is 51.5 Å². The van der Waals surface area contributed by atoms with E-state index < -0.39 is 56.4 Å². The van der Waals surface area contributed by atoms with Crippen LogP contribution < -0.4 is 0 Å². The number of phosphoric ester groups is 1. The quantitative estimate of drug-likeness (QED) is 0.366. The van der Waals surface area contributed by atoms with E-state index in [0.29, 0.717) is 6.42 Å². The van der Waals surface area contributed by atoms with Crippen LogP contribution in [-0.4, -0.2) is 61.8 Å². The lowest BCUT2D eigenvalue weighted by molar-refractivity contribution is -0.284. The lowest BCUT2D eigenvalue weighted by Gasteiger charge is -2.43. The standard InChI is InChI=1S/C15H23O11P/c1-8-12(23-9(2)16)13(24-10(3)17)14(25-11(4)18)15(22-8)26-27(19)20-6-5-7-21-27/h8,12-15H,5-7H2,1-4H3/t8-,12-,13+,14+,15+/m0/s1. The Kier molecular flexibility index (Phi) is 7.35. The molecule has 154 valence electrons. The Morgan fingerprint density at radius 1 is 0.852 bits per heavy atom. The zero-order chi connectivity index (χ0) is 20.2. The van der Waals surface area contributed by atoms with E-state index in [1.54, 1.807) is 0 Å². The number of carbonyl (C=O) groups is 3. The summed E-state index contributed by atoms with van der Waals surface area (Å²) >= 11 is 0. The van der Waals surface area contributed by atoms with Crippen molar-refractivity contribution in [2.45, 2.75) is 64.8 Å². The molecule has 2 heterocycles. The number of carbonyl (C=O) groups excluding carboxylic acids is 3. The molecule has 0 aliphatic carbocycles. The minimum absolute atomic E-state index is 0.154. The number of hydrogen-bond acceptors (Lipinski definition) is 11. The molecule has 12 heteroatoms. The lowest BCUT2D eigenvalue weighted by atomic mass is 9.99. The average Bonchev–Trinajstić information content (AvgIpc) is 2.54. The van der Waals surface area contributed by atoms with Gasteiger partial charge in [-0.25, -0.2) is 4.57 Å². The Balaban J connectivity index is 2.31. The van der Waals surface area contributed by atoms with Crippen LogP contribution in [0.4, 0.5) is 0 Å². The maximum Gasteiger partial charge on any atom is 0.477 e. The molecule has 0 aromatic rings. The minimum Gasteiger partial charge on any atom is -0.456 e. The van der Waals surface area contributed by atoms with Crippen LogP contribution in [0.2, 0.25) is 0 Å². The summed E-state index contributed by atoms with van der Waals surface area (Å²) in [7, 11) is -3.96. The molecule has 5 atom stereocenters. The summed E-state index contributed by atoms with van der Waals surface area (Å²) in [5.74, 6) is -2.10. The molecule has 2 saturated heterocycles. The molecule has 2 fully saturated rings. The van der Waals surface area contributed by atoms with Gasteiger partial charge in [0.1, 0.15) is 0 Å². The normalized spacial score (nSPS) is 33.0. The van der Waals surface area contributed by atoms with Gasteiger partial charge in [-0.1, -0.05) is 0 Å². The number of esters is 3. The van der Waals surface area contributed by atoms with Crippen LogP contribution in [0.15, 0.2) is 0 Å². The fourth-order valence-electron chi connectivity index (χ4n) is 2.69. The third kappa shape index (κ3) is 5.98. The minimum atomic E-state index is -3.96. The Morgan fingerprint density at radius 3 is 1.85 bits per heavy atom. The maximum absolute atomic E-state index is 12.5. The van der Waals surface area contributed by atoms with Crippen LogP contribution in [0.25, 0.3) is 0 Å². The van der Waals surface area contributed by atoms with E-state index >= 15 is 0 Å². The molecule has 0 aromatic heterocycles. The third-order valence-electron chi connectivity index (χ3n) is 3.65. The van der Waals surface area contributed by atoms with Gasteiger partial charge >= 0.3 is 25.7 Å². The number of rotatable bonds is 5. The number of hydrogen-bond donors (Lipinski definition) is 0. The molecular weight excluding hydrogens is 387 g/mol. The summed E-state index contributed by atoms with van der Waals surface area (Å²) in [6, 6.07) is 0. The van der Waals surface area contributed by atoms with E-state index in [1.807, 2.05) is 0 Å². The molecule has 2 aliphatic rings. The number of phosphoric acid groups is 1. The SMILES string of the molecule is CC(=O)O[C@@H]1[C@@H](OC(C)=O)[C@H](C)O[C@H](OP2(=O)OCCCO2)[C@@H]1OC(C)=O. The van der Waals surface area contributed by atoms with Gasteiger partial charge in [0.25, 0.3) is 0 Å². The van der Waals surface area contributed by atoms with Gasteiger partial charge in [0.05, 0.1) is 19.3 Å². The maximum atomic E-state index is 12.5. The third-order valence-corrected chi connectivity index (χ3v) is 5.12. The first kappa shape index (κ1) is 21.8. The zero-order valence-electron chi connectivity index (χ0n) is 15.4. The van der Waals surface area contributed by atoms with Gasteiger partial charge in [-0.3, -0.25) is 28.0 Å². The molecule has 0 unspecified atom stereocenters. The second-order valence-electron chi connectivity index (χ2n) is 6.00. The molecule has 0 N–H and O–H groups in total. The van der Waals surface area contributed by atoms with Crippen LogP contribution in [0.3, 0.4) is 0 Å². The summed E-state index contributed by atoms with van der Waals surface area (Å²) in [5.41, 5.74) is 0. The first-order valence-electron chi connectivity index (χ1n) is 8.36. The second kappa shape index (κ2) is 9.11. The van der Waals surface area contributed by atoms with Gasteiger partial charge in [0.2, 0.25) is 6.29 Å². The Hall–Kier alpha value is -1.52. The number of ether oxygens (including phenoxy) is 4. The van der Waals surface area contributed by atoms with Gasteiger partial charge in [-0.2, -0.15) is 0 Å². The summed E-state index contributed by atoms with van der Waals surface area (Å²) in [5, 5.41) is 0. The highest BCUT2D eigenvalue weighted by Gasteiger charge is 2.53. The molecule has 0 bridgehead atoms. The largest absolute Gasteiger partial charge is 0.477 e. The van der Waals surface area contributed by atoms with Crippen molar-refractivity contribution in [2.75, 3.05) is 13.2 Å². The fraction of sp³-hybridized carbons (Fsp3) is 0.800. The highest BCUT2D eigenvalue weighted by Crippen LogP contribution is 2.54. The van der Waals surface area contributed by atoms with Gasteiger partial charge in [0, 0.05) is 20.8 Å². The van der Waals surface area contributed by atoms with E-state index in [2.05, 4.69) is 0 Å². The van der Waals surface area contributed by atoms with Crippen molar-refractivity contribution in [3.8, 4) is 0 Å². The van der Waals surface area contributed by atoms with E-state index in [-0.39, 0.29) is 13.2 Å². The molecular formula is C15H23O11P. The second-order valence-corrected chi connectivity index (χ2v) is 7.63. The summed E-state index contributed by atoms with van der Waals surface area (Å²) < 4.78 is 49.2.